The third-order valence-corrected chi connectivity index (χ3v) is 4.22. The lowest BCUT2D eigenvalue weighted by Crippen LogP contribution is -2.36. The monoisotopic (exact) mass is 351 g/mol. The van der Waals surface area contributed by atoms with Gasteiger partial charge in [0.1, 0.15) is 5.75 Å². The third kappa shape index (κ3) is 4.47. The van der Waals surface area contributed by atoms with Crippen molar-refractivity contribution in [1.82, 2.24) is 9.88 Å². The molecule has 134 valence electrons. The first-order valence-corrected chi connectivity index (χ1v) is 8.54. The zero-order valence-corrected chi connectivity index (χ0v) is 14.4. The van der Waals surface area contributed by atoms with E-state index in [0.717, 1.165) is 17.7 Å². The van der Waals surface area contributed by atoms with Crippen LogP contribution in [-0.4, -0.2) is 41.4 Å². The maximum atomic E-state index is 12.4. The normalized spacial score (nSPS) is 13.8. The molecule has 2 N–H and O–H groups in total. The van der Waals surface area contributed by atoms with Crippen LogP contribution in [0.3, 0.4) is 0 Å². The number of rotatable bonds is 6. The number of primary amides is 1. The maximum Gasteiger partial charge on any atom is 0.248 e. The maximum absolute atomic E-state index is 12.4. The Bertz CT molecular complexity index is 801. The highest BCUT2D eigenvalue weighted by atomic mass is 16.5. The fourth-order valence-corrected chi connectivity index (χ4v) is 2.82. The molecule has 0 aliphatic carbocycles. The highest BCUT2D eigenvalue weighted by Gasteiger charge is 2.19. The standard InChI is InChI=1S/C20H21N3O3/c21-20(25)15-6-8-17(9-7-15)26-13-10-19(24)23-12-3-4-16(14-23)18-5-1-2-11-22-18/h1-2,4-9,11H,3,10,12-14H2,(H2,21,25). The summed E-state index contributed by atoms with van der Waals surface area (Å²) < 4.78 is 5.59. The van der Waals surface area contributed by atoms with Gasteiger partial charge < -0.3 is 15.4 Å². The van der Waals surface area contributed by atoms with Crippen LogP contribution < -0.4 is 10.5 Å². The molecule has 0 atom stereocenters. The average Bonchev–Trinajstić information content (AvgIpc) is 2.69. The van der Waals surface area contributed by atoms with Crippen molar-refractivity contribution >= 4 is 17.4 Å². The Hall–Kier alpha value is -3.15. The van der Waals surface area contributed by atoms with Crippen molar-refractivity contribution in [3.8, 4) is 5.75 Å². The Kier molecular flexibility index (Phi) is 5.63. The van der Waals surface area contributed by atoms with E-state index in [9.17, 15) is 9.59 Å². The van der Waals surface area contributed by atoms with Gasteiger partial charge in [-0.3, -0.25) is 14.6 Å². The smallest absolute Gasteiger partial charge is 0.248 e. The predicted molar refractivity (Wildman–Crippen MR) is 98.5 cm³/mol. The number of carbonyl (C=O) groups is 2. The van der Waals surface area contributed by atoms with Crippen LogP contribution in [0.1, 0.15) is 28.9 Å². The van der Waals surface area contributed by atoms with Crippen LogP contribution in [0.2, 0.25) is 0 Å². The number of pyridine rings is 1. The van der Waals surface area contributed by atoms with Crippen molar-refractivity contribution in [2.45, 2.75) is 12.8 Å². The number of nitrogens with two attached hydrogens (primary N) is 1. The zero-order chi connectivity index (χ0) is 18.4. The van der Waals surface area contributed by atoms with Gasteiger partial charge in [-0.05, 0) is 48.4 Å². The van der Waals surface area contributed by atoms with E-state index < -0.39 is 5.91 Å². The molecule has 0 radical (unpaired) electrons. The first-order valence-electron chi connectivity index (χ1n) is 8.54. The van der Waals surface area contributed by atoms with Gasteiger partial charge in [-0.1, -0.05) is 12.1 Å². The number of nitrogens with zero attached hydrogens (tertiary/aromatic N) is 2. The van der Waals surface area contributed by atoms with Gasteiger partial charge in [-0.15, -0.1) is 0 Å². The second-order valence-electron chi connectivity index (χ2n) is 6.04. The summed E-state index contributed by atoms with van der Waals surface area (Å²) in [6, 6.07) is 12.3. The summed E-state index contributed by atoms with van der Waals surface area (Å²) in [6.07, 6.45) is 5.03. The Morgan fingerprint density at radius 2 is 1.96 bits per heavy atom. The number of amides is 2. The Morgan fingerprint density at radius 1 is 1.15 bits per heavy atom. The van der Waals surface area contributed by atoms with E-state index >= 15 is 0 Å². The van der Waals surface area contributed by atoms with Crippen molar-refractivity contribution in [1.29, 1.82) is 0 Å². The third-order valence-electron chi connectivity index (χ3n) is 4.22. The average molecular weight is 351 g/mol. The van der Waals surface area contributed by atoms with Gasteiger partial charge in [0, 0.05) is 24.8 Å². The minimum absolute atomic E-state index is 0.0558. The molecule has 6 nitrogen and oxygen atoms in total. The van der Waals surface area contributed by atoms with E-state index in [1.54, 1.807) is 30.5 Å². The lowest BCUT2D eigenvalue weighted by molar-refractivity contribution is -0.131. The molecule has 26 heavy (non-hydrogen) atoms. The van der Waals surface area contributed by atoms with E-state index in [1.165, 1.54) is 0 Å². The molecule has 0 spiro atoms. The van der Waals surface area contributed by atoms with Crippen LogP contribution in [0.5, 0.6) is 5.75 Å². The van der Waals surface area contributed by atoms with E-state index in [4.69, 9.17) is 10.5 Å². The zero-order valence-electron chi connectivity index (χ0n) is 14.4. The first-order chi connectivity index (χ1) is 12.6. The van der Waals surface area contributed by atoms with Crippen molar-refractivity contribution in [3.63, 3.8) is 0 Å². The second kappa shape index (κ2) is 8.29. The lowest BCUT2D eigenvalue weighted by Gasteiger charge is -2.27. The van der Waals surface area contributed by atoms with Crippen LogP contribution in [0, 0.1) is 0 Å². The molecule has 1 aliphatic heterocycles. The highest BCUT2D eigenvalue weighted by molar-refractivity contribution is 5.92. The molecule has 0 unspecified atom stereocenters. The summed E-state index contributed by atoms with van der Waals surface area (Å²) >= 11 is 0. The molecule has 6 heteroatoms. The van der Waals surface area contributed by atoms with E-state index in [-0.39, 0.29) is 12.5 Å². The first kappa shape index (κ1) is 17.7. The van der Waals surface area contributed by atoms with Crippen LogP contribution in [0.25, 0.3) is 5.57 Å². The minimum Gasteiger partial charge on any atom is -0.493 e. The topological polar surface area (TPSA) is 85.5 Å². The molecule has 2 heterocycles. The second-order valence-corrected chi connectivity index (χ2v) is 6.04. The lowest BCUT2D eigenvalue weighted by atomic mass is 10.1. The van der Waals surface area contributed by atoms with Crippen molar-refractivity contribution < 1.29 is 14.3 Å². The van der Waals surface area contributed by atoms with E-state index in [0.29, 0.717) is 30.8 Å². The van der Waals surface area contributed by atoms with Gasteiger partial charge in [-0.25, -0.2) is 0 Å². The molecule has 0 fully saturated rings. The molecule has 1 aliphatic rings. The summed E-state index contributed by atoms with van der Waals surface area (Å²) in [4.78, 5) is 29.7. The predicted octanol–water partition coefficient (Wildman–Crippen LogP) is 2.27. The van der Waals surface area contributed by atoms with Crippen LogP contribution in [0.15, 0.2) is 54.7 Å². The van der Waals surface area contributed by atoms with Crippen molar-refractivity contribution in [2.75, 3.05) is 19.7 Å². The quantitative estimate of drug-likeness (QED) is 0.865. The summed E-state index contributed by atoms with van der Waals surface area (Å²) in [5.74, 6) is 0.185. The molecule has 2 amide bonds. The molecule has 1 aromatic carbocycles. The number of ether oxygens (including phenoxy) is 1. The van der Waals surface area contributed by atoms with E-state index in [2.05, 4.69) is 11.1 Å². The Balaban J connectivity index is 1.49. The molecular formula is C20H21N3O3. The molecular weight excluding hydrogens is 330 g/mol. The van der Waals surface area contributed by atoms with Gasteiger partial charge in [-0.2, -0.15) is 0 Å². The Labute approximate surface area is 152 Å². The number of benzene rings is 1. The van der Waals surface area contributed by atoms with Crippen LogP contribution in [-0.2, 0) is 4.79 Å². The molecule has 0 saturated heterocycles. The molecule has 0 bridgehead atoms. The number of hydrogen-bond donors (Lipinski definition) is 1. The van der Waals surface area contributed by atoms with Gasteiger partial charge in [0.15, 0.2) is 0 Å². The van der Waals surface area contributed by atoms with E-state index in [1.807, 2.05) is 23.1 Å². The largest absolute Gasteiger partial charge is 0.493 e. The molecule has 0 saturated carbocycles. The van der Waals surface area contributed by atoms with Gasteiger partial charge in [0.05, 0.1) is 18.7 Å². The minimum atomic E-state index is -0.478. The Morgan fingerprint density at radius 3 is 2.65 bits per heavy atom. The number of carbonyl (C=O) groups excluding carboxylic acids is 2. The van der Waals surface area contributed by atoms with Crippen molar-refractivity contribution in [3.05, 3.63) is 66.0 Å². The number of aromatic nitrogens is 1. The summed E-state index contributed by atoms with van der Waals surface area (Å²) in [5, 5.41) is 0. The van der Waals surface area contributed by atoms with Crippen LogP contribution in [0.4, 0.5) is 0 Å². The van der Waals surface area contributed by atoms with Gasteiger partial charge in [0.25, 0.3) is 0 Å². The summed E-state index contributed by atoms with van der Waals surface area (Å²) in [6.45, 7) is 1.57. The van der Waals surface area contributed by atoms with Gasteiger partial charge in [0.2, 0.25) is 11.8 Å². The molecule has 3 rings (SSSR count). The highest BCUT2D eigenvalue weighted by Crippen LogP contribution is 2.19. The SMILES string of the molecule is NC(=O)c1ccc(OCCC(=O)N2CCC=C(c3ccccn3)C2)cc1. The fourth-order valence-electron chi connectivity index (χ4n) is 2.82. The molecule has 1 aromatic heterocycles. The van der Waals surface area contributed by atoms with Gasteiger partial charge >= 0.3 is 0 Å². The fraction of sp³-hybridized carbons (Fsp3) is 0.250. The number of hydrogen-bond acceptors (Lipinski definition) is 4. The summed E-state index contributed by atoms with van der Waals surface area (Å²) in [5.41, 5.74) is 7.62. The van der Waals surface area contributed by atoms with Crippen molar-refractivity contribution in [2.24, 2.45) is 5.73 Å². The molecule has 2 aromatic rings. The van der Waals surface area contributed by atoms with Crippen LogP contribution >= 0.6 is 0 Å². The summed E-state index contributed by atoms with van der Waals surface area (Å²) in [7, 11) is 0.